The van der Waals surface area contributed by atoms with Crippen LogP contribution in [0.5, 0.6) is 5.75 Å². The number of carbonyl (C=O) groups is 1. The maximum absolute atomic E-state index is 12.4. The van der Waals surface area contributed by atoms with Gasteiger partial charge in [0, 0.05) is 31.1 Å². The number of aromatic hydroxyl groups is 1. The van der Waals surface area contributed by atoms with Crippen LogP contribution >= 0.6 is 0 Å². The molecule has 0 aliphatic carbocycles. The lowest BCUT2D eigenvalue weighted by molar-refractivity contribution is -0.125. The number of carbonyl (C=O) groups excluding carboxylic acids is 1. The normalized spacial score (nSPS) is 14.8. The lowest BCUT2D eigenvalue weighted by Gasteiger charge is -2.33. The van der Waals surface area contributed by atoms with E-state index in [1.807, 2.05) is 30.3 Å². The zero-order valence-electron chi connectivity index (χ0n) is 14.0. The maximum atomic E-state index is 12.4. The van der Waals surface area contributed by atoms with Gasteiger partial charge < -0.3 is 15.3 Å². The second kappa shape index (κ2) is 7.71. The Labute approximate surface area is 147 Å². The molecule has 1 aliphatic rings. The third-order valence-corrected chi connectivity index (χ3v) is 4.68. The van der Waals surface area contributed by atoms with Gasteiger partial charge in [0.05, 0.1) is 11.3 Å². The van der Waals surface area contributed by atoms with Gasteiger partial charge in [-0.25, -0.2) is 0 Å². The van der Waals surface area contributed by atoms with Gasteiger partial charge in [-0.15, -0.1) is 0 Å². The highest BCUT2D eigenvalue weighted by molar-refractivity contribution is 5.79. The van der Waals surface area contributed by atoms with Crippen LogP contribution in [0.2, 0.25) is 0 Å². The highest BCUT2D eigenvalue weighted by Crippen LogP contribution is 2.26. The van der Waals surface area contributed by atoms with E-state index in [1.165, 1.54) is 0 Å². The molecule has 0 bridgehead atoms. The van der Waals surface area contributed by atoms with E-state index >= 15 is 0 Å². The second-order valence-corrected chi connectivity index (χ2v) is 6.24. The predicted octanol–water partition coefficient (Wildman–Crippen LogP) is 2.80. The molecule has 0 aromatic heterocycles. The quantitative estimate of drug-likeness (QED) is 0.901. The van der Waals surface area contributed by atoms with Crippen molar-refractivity contribution < 1.29 is 9.90 Å². The standard InChI is InChI=1S/C20H21N3O2/c21-13-16-5-1-3-7-18(16)23-11-9-15(10-12-23)20(25)22-14-17-6-2-4-8-19(17)24/h1-8,15,24H,9-12,14H2,(H,22,25). The van der Waals surface area contributed by atoms with E-state index in [4.69, 9.17) is 0 Å². The molecular formula is C20H21N3O2. The maximum Gasteiger partial charge on any atom is 0.223 e. The fourth-order valence-electron chi connectivity index (χ4n) is 3.21. The Hall–Kier alpha value is -3.00. The summed E-state index contributed by atoms with van der Waals surface area (Å²) in [5, 5.41) is 21.9. The average molecular weight is 335 g/mol. The summed E-state index contributed by atoms with van der Waals surface area (Å²) in [6.45, 7) is 1.85. The molecule has 0 unspecified atom stereocenters. The van der Waals surface area contributed by atoms with Gasteiger partial charge in [0.25, 0.3) is 0 Å². The number of phenols is 1. The summed E-state index contributed by atoms with van der Waals surface area (Å²) in [4.78, 5) is 14.6. The number of hydrogen-bond donors (Lipinski definition) is 2. The molecule has 128 valence electrons. The van der Waals surface area contributed by atoms with Gasteiger partial charge in [0.15, 0.2) is 0 Å². The van der Waals surface area contributed by atoms with Crippen LogP contribution in [0.1, 0.15) is 24.0 Å². The number of nitrogens with one attached hydrogen (secondary N) is 1. The van der Waals surface area contributed by atoms with E-state index in [-0.39, 0.29) is 17.6 Å². The van der Waals surface area contributed by atoms with Gasteiger partial charge in [0.2, 0.25) is 5.91 Å². The van der Waals surface area contributed by atoms with Crippen LogP contribution in [0, 0.1) is 17.2 Å². The molecule has 0 saturated carbocycles. The van der Waals surface area contributed by atoms with Crippen LogP contribution in [0.25, 0.3) is 0 Å². The second-order valence-electron chi connectivity index (χ2n) is 6.24. The molecule has 25 heavy (non-hydrogen) atoms. The SMILES string of the molecule is N#Cc1ccccc1N1CCC(C(=O)NCc2ccccc2O)CC1. The Kier molecular flexibility index (Phi) is 5.20. The number of para-hydroxylation sites is 2. The summed E-state index contributed by atoms with van der Waals surface area (Å²) in [6, 6.07) is 16.8. The van der Waals surface area contributed by atoms with Gasteiger partial charge in [0.1, 0.15) is 11.8 Å². The number of anilines is 1. The van der Waals surface area contributed by atoms with Crippen LogP contribution in [-0.4, -0.2) is 24.1 Å². The number of nitriles is 1. The van der Waals surface area contributed by atoms with Crippen molar-refractivity contribution in [2.24, 2.45) is 5.92 Å². The molecule has 0 radical (unpaired) electrons. The minimum absolute atomic E-state index is 0.0245. The average Bonchev–Trinajstić information content (AvgIpc) is 2.67. The van der Waals surface area contributed by atoms with E-state index in [9.17, 15) is 15.2 Å². The first kappa shape index (κ1) is 16.8. The summed E-state index contributed by atoms with van der Waals surface area (Å²) in [5.41, 5.74) is 2.33. The minimum Gasteiger partial charge on any atom is -0.508 e. The number of rotatable bonds is 4. The highest BCUT2D eigenvalue weighted by atomic mass is 16.3. The zero-order chi connectivity index (χ0) is 17.6. The van der Waals surface area contributed by atoms with E-state index in [1.54, 1.807) is 18.2 Å². The van der Waals surface area contributed by atoms with Gasteiger partial charge in [-0.1, -0.05) is 30.3 Å². The summed E-state index contributed by atoms with van der Waals surface area (Å²) < 4.78 is 0. The van der Waals surface area contributed by atoms with Crippen LogP contribution in [-0.2, 0) is 11.3 Å². The van der Waals surface area contributed by atoms with Gasteiger partial charge in [-0.2, -0.15) is 5.26 Å². The van der Waals surface area contributed by atoms with Crippen molar-refractivity contribution in [3.05, 3.63) is 59.7 Å². The molecular weight excluding hydrogens is 314 g/mol. The Balaban J connectivity index is 1.54. The molecule has 0 spiro atoms. The Morgan fingerprint density at radius 2 is 1.84 bits per heavy atom. The molecule has 1 heterocycles. The summed E-state index contributed by atoms with van der Waals surface area (Å²) in [6.07, 6.45) is 1.51. The van der Waals surface area contributed by atoms with Crippen molar-refractivity contribution in [1.82, 2.24) is 5.32 Å². The van der Waals surface area contributed by atoms with Crippen LogP contribution in [0.3, 0.4) is 0 Å². The van der Waals surface area contributed by atoms with Crippen molar-refractivity contribution in [2.45, 2.75) is 19.4 Å². The van der Waals surface area contributed by atoms with E-state index < -0.39 is 0 Å². The number of phenolic OH excluding ortho intramolecular Hbond substituents is 1. The van der Waals surface area contributed by atoms with Gasteiger partial charge >= 0.3 is 0 Å². The molecule has 5 heteroatoms. The first-order valence-corrected chi connectivity index (χ1v) is 8.47. The van der Waals surface area contributed by atoms with E-state index in [0.29, 0.717) is 12.1 Å². The van der Waals surface area contributed by atoms with Crippen LogP contribution < -0.4 is 10.2 Å². The number of amides is 1. The minimum atomic E-state index is -0.0312. The first-order valence-electron chi connectivity index (χ1n) is 8.47. The van der Waals surface area contributed by atoms with Gasteiger partial charge in [-0.05, 0) is 31.0 Å². The highest BCUT2D eigenvalue weighted by Gasteiger charge is 2.25. The summed E-state index contributed by atoms with van der Waals surface area (Å²) in [7, 11) is 0. The molecule has 5 nitrogen and oxygen atoms in total. The van der Waals surface area contributed by atoms with E-state index in [2.05, 4.69) is 16.3 Å². The fraction of sp³-hybridized carbons (Fsp3) is 0.300. The predicted molar refractivity (Wildman–Crippen MR) is 96.0 cm³/mol. The summed E-state index contributed by atoms with van der Waals surface area (Å²) in [5.74, 6) is 0.193. The molecule has 2 N–H and O–H groups in total. The molecule has 0 atom stereocenters. The van der Waals surface area contributed by atoms with Crippen LogP contribution in [0.15, 0.2) is 48.5 Å². The van der Waals surface area contributed by atoms with Crippen molar-refractivity contribution in [3.63, 3.8) is 0 Å². The molecule has 1 amide bonds. The Bertz CT molecular complexity index is 790. The molecule has 1 fully saturated rings. The van der Waals surface area contributed by atoms with E-state index in [0.717, 1.165) is 37.2 Å². The smallest absolute Gasteiger partial charge is 0.223 e. The third-order valence-electron chi connectivity index (χ3n) is 4.68. The van der Waals surface area contributed by atoms with Gasteiger partial charge in [-0.3, -0.25) is 4.79 Å². The topological polar surface area (TPSA) is 76.4 Å². The Morgan fingerprint density at radius 1 is 1.16 bits per heavy atom. The molecule has 1 saturated heterocycles. The van der Waals surface area contributed by atoms with Crippen molar-refractivity contribution >= 4 is 11.6 Å². The lowest BCUT2D eigenvalue weighted by atomic mass is 9.95. The monoisotopic (exact) mass is 335 g/mol. The number of nitrogens with zero attached hydrogens (tertiary/aromatic N) is 2. The van der Waals surface area contributed by atoms with Crippen molar-refractivity contribution in [3.8, 4) is 11.8 Å². The van der Waals surface area contributed by atoms with Crippen LogP contribution in [0.4, 0.5) is 5.69 Å². The molecule has 2 aromatic rings. The largest absolute Gasteiger partial charge is 0.508 e. The van der Waals surface area contributed by atoms with Crippen molar-refractivity contribution in [2.75, 3.05) is 18.0 Å². The Morgan fingerprint density at radius 3 is 2.56 bits per heavy atom. The summed E-state index contributed by atoms with van der Waals surface area (Å²) >= 11 is 0. The third kappa shape index (κ3) is 3.92. The zero-order valence-corrected chi connectivity index (χ0v) is 14.0. The lowest BCUT2D eigenvalue weighted by Crippen LogP contribution is -2.40. The molecule has 3 rings (SSSR count). The molecule has 1 aliphatic heterocycles. The number of piperidine rings is 1. The van der Waals surface area contributed by atoms with Crippen molar-refractivity contribution in [1.29, 1.82) is 5.26 Å². The molecule has 2 aromatic carbocycles. The number of hydrogen-bond acceptors (Lipinski definition) is 4. The fourth-order valence-corrected chi connectivity index (χ4v) is 3.21. The number of benzene rings is 2. The first-order chi connectivity index (χ1) is 12.2.